The lowest BCUT2D eigenvalue weighted by atomic mass is 9.85. The topological polar surface area (TPSA) is 92.3 Å². The van der Waals surface area contributed by atoms with Crippen LogP contribution in [0.5, 0.6) is 0 Å². The second-order valence-electron chi connectivity index (χ2n) is 8.53. The average Bonchev–Trinajstić information content (AvgIpc) is 3.52. The third kappa shape index (κ3) is 3.29. The average molecular weight is 437 g/mol. The molecule has 5 unspecified atom stereocenters. The summed E-state index contributed by atoms with van der Waals surface area (Å²) in [7, 11) is 0. The highest BCUT2D eigenvalue weighted by molar-refractivity contribution is 7.15. The Kier molecular flexibility index (Phi) is 4.97. The molecule has 0 radical (unpaired) electrons. The van der Waals surface area contributed by atoms with Crippen molar-refractivity contribution in [3.63, 3.8) is 0 Å². The number of hydrogen-bond acceptors (Lipinski definition) is 6. The number of nitrogens with one attached hydrogen (secondary N) is 1. The van der Waals surface area contributed by atoms with Crippen LogP contribution >= 0.6 is 11.3 Å². The van der Waals surface area contributed by atoms with Crippen molar-refractivity contribution >= 4 is 34.2 Å². The first-order valence-electron chi connectivity index (χ1n) is 10.7. The van der Waals surface area contributed by atoms with E-state index < -0.39 is 6.04 Å². The number of imide groups is 1. The minimum absolute atomic E-state index is 0.00836. The van der Waals surface area contributed by atoms with Crippen molar-refractivity contribution in [2.75, 3.05) is 5.32 Å². The summed E-state index contributed by atoms with van der Waals surface area (Å²) in [5.41, 5.74) is 1.77. The van der Waals surface area contributed by atoms with Gasteiger partial charge in [-0.15, -0.1) is 10.2 Å². The van der Waals surface area contributed by atoms with Crippen LogP contribution in [0.4, 0.5) is 5.13 Å². The Labute approximate surface area is 184 Å². The zero-order chi connectivity index (χ0) is 21.7. The van der Waals surface area contributed by atoms with Crippen LogP contribution in [0.3, 0.4) is 0 Å². The smallest absolute Gasteiger partial charge is 0.234 e. The lowest BCUT2D eigenvalue weighted by Gasteiger charge is -2.29. The van der Waals surface area contributed by atoms with E-state index in [1.807, 2.05) is 38.1 Å². The summed E-state index contributed by atoms with van der Waals surface area (Å²) in [6.07, 6.45) is 5.78. The normalized spacial score (nSPS) is 27.1. The van der Waals surface area contributed by atoms with E-state index in [2.05, 4.69) is 27.7 Å². The first kappa shape index (κ1) is 20.1. The number of benzene rings is 1. The number of rotatable bonds is 6. The Morgan fingerprint density at radius 3 is 2.45 bits per heavy atom. The van der Waals surface area contributed by atoms with Crippen molar-refractivity contribution in [2.45, 2.75) is 39.2 Å². The molecular formula is C23H24N4O3S. The SMILES string of the molecule is CCc1nnc(NC(=O)CC(c2ccccc2C)N2C(=O)C3C4C=CC(C4)C3C2=O)s1. The first-order chi connectivity index (χ1) is 15.0. The molecule has 2 aliphatic carbocycles. The van der Waals surface area contributed by atoms with Crippen LogP contribution in [0.25, 0.3) is 0 Å². The summed E-state index contributed by atoms with van der Waals surface area (Å²) in [5, 5.41) is 12.1. The van der Waals surface area contributed by atoms with E-state index in [0.717, 1.165) is 29.0 Å². The molecule has 1 saturated carbocycles. The molecule has 31 heavy (non-hydrogen) atoms. The number of aromatic nitrogens is 2. The van der Waals surface area contributed by atoms with E-state index in [0.29, 0.717) is 5.13 Å². The summed E-state index contributed by atoms with van der Waals surface area (Å²) < 4.78 is 0. The van der Waals surface area contributed by atoms with Gasteiger partial charge >= 0.3 is 0 Å². The van der Waals surface area contributed by atoms with Crippen molar-refractivity contribution in [1.82, 2.24) is 15.1 Å². The summed E-state index contributed by atoms with van der Waals surface area (Å²) in [4.78, 5) is 41.1. The Balaban J connectivity index is 1.44. The molecule has 2 fully saturated rings. The van der Waals surface area contributed by atoms with E-state index >= 15 is 0 Å². The highest BCUT2D eigenvalue weighted by atomic mass is 32.1. The number of anilines is 1. The van der Waals surface area contributed by atoms with Gasteiger partial charge in [0.2, 0.25) is 22.9 Å². The van der Waals surface area contributed by atoms with Crippen LogP contribution in [0.2, 0.25) is 0 Å². The highest BCUT2D eigenvalue weighted by Gasteiger charge is 2.60. The zero-order valence-corrected chi connectivity index (χ0v) is 18.3. The minimum atomic E-state index is -0.634. The molecule has 3 aliphatic rings. The maximum Gasteiger partial charge on any atom is 0.234 e. The molecule has 160 valence electrons. The van der Waals surface area contributed by atoms with E-state index in [9.17, 15) is 14.4 Å². The molecule has 5 atom stereocenters. The highest BCUT2D eigenvalue weighted by Crippen LogP contribution is 2.54. The van der Waals surface area contributed by atoms with Gasteiger partial charge in [0, 0.05) is 0 Å². The van der Waals surface area contributed by atoms with Gasteiger partial charge in [0.05, 0.1) is 24.3 Å². The predicted octanol–water partition coefficient (Wildman–Crippen LogP) is 3.29. The van der Waals surface area contributed by atoms with Gasteiger partial charge in [-0.05, 0) is 42.7 Å². The lowest BCUT2D eigenvalue weighted by Crippen LogP contribution is -2.38. The molecule has 1 saturated heterocycles. The van der Waals surface area contributed by atoms with Crippen LogP contribution in [-0.2, 0) is 20.8 Å². The molecule has 3 amide bonds. The summed E-state index contributed by atoms with van der Waals surface area (Å²) >= 11 is 1.33. The largest absolute Gasteiger partial charge is 0.300 e. The van der Waals surface area contributed by atoms with Crippen LogP contribution < -0.4 is 5.32 Å². The van der Waals surface area contributed by atoms with Gasteiger partial charge in [-0.2, -0.15) is 0 Å². The van der Waals surface area contributed by atoms with Gasteiger partial charge in [0.15, 0.2) is 0 Å². The van der Waals surface area contributed by atoms with Crippen molar-refractivity contribution < 1.29 is 14.4 Å². The number of carbonyl (C=O) groups is 3. The third-order valence-corrected chi connectivity index (χ3v) is 7.74. The molecule has 1 aliphatic heterocycles. The summed E-state index contributed by atoms with van der Waals surface area (Å²) in [5.74, 6) is -0.868. The van der Waals surface area contributed by atoms with Gasteiger partial charge in [-0.25, -0.2) is 0 Å². The number of fused-ring (bicyclic) bond motifs is 5. The van der Waals surface area contributed by atoms with Crippen LogP contribution in [0.15, 0.2) is 36.4 Å². The molecule has 1 aromatic carbocycles. The number of likely N-dealkylation sites (tertiary alicyclic amines) is 1. The maximum atomic E-state index is 13.4. The molecule has 8 heteroatoms. The third-order valence-electron chi connectivity index (χ3n) is 6.76. The van der Waals surface area contributed by atoms with Gasteiger partial charge in [-0.1, -0.05) is 54.7 Å². The molecule has 1 N–H and O–H groups in total. The van der Waals surface area contributed by atoms with Crippen molar-refractivity contribution in [1.29, 1.82) is 0 Å². The fraction of sp³-hybridized carbons (Fsp3) is 0.435. The fourth-order valence-corrected chi connectivity index (χ4v) is 6.02. The van der Waals surface area contributed by atoms with E-state index in [1.54, 1.807) is 0 Å². The second kappa shape index (κ2) is 7.67. The molecule has 7 nitrogen and oxygen atoms in total. The van der Waals surface area contributed by atoms with Gasteiger partial charge < -0.3 is 5.32 Å². The number of hydrogen-bond donors (Lipinski definition) is 1. The molecule has 5 rings (SSSR count). The zero-order valence-electron chi connectivity index (χ0n) is 17.4. The Morgan fingerprint density at radius 1 is 1.16 bits per heavy atom. The molecule has 0 spiro atoms. The van der Waals surface area contributed by atoms with E-state index in [4.69, 9.17) is 0 Å². The monoisotopic (exact) mass is 436 g/mol. The number of nitrogens with zero attached hydrogens (tertiary/aromatic N) is 3. The van der Waals surface area contributed by atoms with E-state index in [-0.39, 0.29) is 47.8 Å². The number of allylic oxidation sites excluding steroid dienone is 2. The molecule has 2 heterocycles. The Hall–Kier alpha value is -2.87. The van der Waals surface area contributed by atoms with Crippen LogP contribution in [-0.4, -0.2) is 32.8 Å². The standard InChI is InChI=1S/C23H24N4O3S/c1-3-18-25-26-23(31-18)24-17(28)11-16(15-7-5-4-6-12(15)2)27-21(29)19-13-8-9-14(10-13)20(19)22(27)30/h4-9,13-14,16,19-20H,3,10-11H2,1-2H3,(H,24,26,28). The molecular weight excluding hydrogens is 412 g/mol. The molecule has 1 aromatic heterocycles. The van der Waals surface area contributed by atoms with Gasteiger partial charge in [0.1, 0.15) is 5.01 Å². The summed E-state index contributed by atoms with van der Waals surface area (Å²) in [6, 6.07) is 6.99. The van der Waals surface area contributed by atoms with Crippen LogP contribution in [0, 0.1) is 30.6 Å². The Bertz CT molecular complexity index is 1060. The Morgan fingerprint density at radius 2 is 1.84 bits per heavy atom. The number of aryl methyl sites for hydroxylation is 2. The molecule has 2 aromatic rings. The maximum absolute atomic E-state index is 13.4. The minimum Gasteiger partial charge on any atom is -0.300 e. The lowest BCUT2D eigenvalue weighted by molar-refractivity contribution is -0.144. The van der Waals surface area contributed by atoms with Crippen LogP contribution in [0.1, 0.15) is 41.9 Å². The van der Waals surface area contributed by atoms with Gasteiger partial charge in [0.25, 0.3) is 0 Å². The summed E-state index contributed by atoms with van der Waals surface area (Å²) in [6.45, 7) is 3.92. The van der Waals surface area contributed by atoms with Crippen molar-refractivity contribution in [3.8, 4) is 0 Å². The molecule has 2 bridgehead atoms. The van der Waals surface area contributed by atoms with Crippen molar-refractivity contribution in [2.24, 2.45) is 23.7 Å². The predicted molar refractivity (Wildman–Crippen MR) is 116 cm³/mol. The first-order valence-corrected chi connectivity index (χ1v) is 11.5. The fourth-order valence-electron chi connectivity index (χ4n) is 5.33. The quantitative estimate of drug-likeness (QED) is 0.554. The second-order valence-corrected chi connectivity index (χ2v) is 9.59. The van der Waals surface area contributed by atoms with Crippen molar-refractivity contribution in [3.05, 3.63) is 52.6 Å². The van der Waals surface area contributed by atoms with Gasteiger partial charge in [-0.3, -0.25) is 19.3 Å². The van der Waals surface area contributed by atoms with E-state index in [1.165, 1.54) is 16.2 Å². The number of amides is 3. The number of carbonyl (C=O) groups excluding carboxylic acids is 3.